The van der Waals surface area contributed by atoms with E-state index >= 15 is 0 Å². The second kappa shape index (κ2) is 6.12. The maximum atomic E-state index is 11.0. The average Bonchev–Trinajstić information content (AvgIpc) is 2.31. The van der Waals surface area contributed by atoms with E-state index in [4.69, 9.17) is 16.3 Å². The summed E-state index contributed by atoms with van der Waals surface area (Å²) in [5, 5.41) is 0. The zero-order valence-electron chi connectivity index (χ0n) is 8.73. The first-order valence-corrected chi connectivity index (χ1v) is 5.11. The van der Waals surface area contributed by atoms with Gasteiger partial charge >= 0.3 is 11.9 Å². The number of ether oxygens (including phenoxy) is 2. The van der Waals surface area contributed by atoms with Gasteiger partial charge in [-0.3, -0.25) is 9.59 Å². The van der Waals surface area contributed by atoms with E-state index < -0.39 is 5.97 Å². The summed E-state index contributed by atoms with van der Waals surface area (Å²) >= 11 is 5.29. The number of methoxy groups -OCH3 is 1. The lowest BCUT2D eigenvalue weighted by atomic mass is 10.1. The van der Waals surface area contributed by atoms with Crippen LogP contribution in [0.5, 0.6) is 5.75 Å². The number of benzene rings is 1. The molecule has 86 valence electrons. The van der Waals surface area contributed by atoms with E-state index in [1.54, 1.807) is 24.3 Å². The van der Waals surface area contributed by atoms with E-state index in [1.807, 2.05) is 0 Å². The van der Waals surface area contributed by atoms with Crippen molar-refractivity contribution in [1.82, 2.24) is 0 Å². The zero-order chi connectivity index (χ0) is 12.0. The molecule has 1 aromatic rings. The number of carbonyl (C=O) groups excluding carboxylic acids is 2. The summed E-state index contributed by atoms with van der Waals surface area (Å²) in [4.78, 5) is 21.8. The van der Waals surface area contributed by atoms with Gasteiger partial charge in [0, 0.05) is 0 Å². The molecular formula is C11H11ClO4. The Kier molecular flexibility index (Phi) is 4.79. The number of rotatable bonds is 4. The minimum Gasteiger partial charge on any atom is -0.469 e. The van der Waals surface area contributed by atoms with Crippen LogP contribution >= 0.6 is 11.6 Å². The van der Waals surface area contributed by atoms with Crippen molar-refractivity contribution in [3.05, 3.63) is 29.8 Å². The summed E-state index contributed by atoms with van der Waals surface area (Å²) in [5.74, 6) is -0.614. The van der Waals surface area contributed by atoms with Gasteiger partial charge < -0.3 is 9.47 Å². The monoisotopic (exact) mass is 242 g/mol. The van der Waals surface area contributed by atoms with Crippen molar-refractivity contribution in [3.8, 4) is 5.75 Å². The van der Waals surface area contributed by atoms with Gasteiger partial charge in [0.05, 0.1) is 13.5 Å². The maximum absolute atomic E-state index is 11.0. The van der Waals surface area contributed by atoms with Crippen LogP contribution in [0.3, 0.4) is 0 Å². The molecule has 0 N–H and O–H groups in total. The fraction of sp³-hybridized carbons (Fsp3) is 0.273. The third-order valence-electron chi connectivity index (χ3n) is 1.84. The molecule has 1 aromatic carbocycles. The summed E-state index contributed by atoms with van der Waals surface area (Å²) in [5.41, 5.74) is 0.789. The minimum atomic E-state index is -0.512. The first kappa shape index (κ1) is 12.5. The molecule has 0 saturated heterocycles. The Morgan fingerprint density at radius 3 is 2.31 bits per heavy atom. The van der Waals surface area contributed by atoms with Crippen LogP contribution in [-0.2, 0) is 20.7 Å². The highest BCUT2D eigenvalue weighted by atomic mass is 35.5. The topological polar surface area (TPSA) is 52.6 Å². The number of alkyl halides is 1. The zero-order valence-corrected chi connectivity index (χ0v) is 9.49. The van der Waals surface area contributed by atoms with Crippen molar-refractivity contribution in [1.29, 1.82) is 0 Å². The number of hydrogen-bond acceptors (Lipinski definition) is 4. The van der Waals surface area contributed by atoms with Gasteiger partial charge in [0.15, 0.2) is 0 Å². The Hall–Kier alpha value is -1.55. The molecule has 0 unspecified atom stereocenters. The van der Waals surface area contributed by atoms with E-state index in [1.165, 1.54) is 7.11 Å². The molecule has 0 amide bonds. The summed E-state index contributed by atoms with van der Waals surface area (Å²) in [6.45, 7) is 0. The van der Waals surface area contributed by atoms with Crippen LogP contribution in [0.15, 0.2) is 24.3 Å². The minimum absolute atomic E-state index is 0.191. The van der Waals surface area contributed by atoms with Crippen LogP contribution in [0.25, 0.3) is 0 Å². The lowest BCUT2D eigenvalue weighted by Crippen LogP contribution is -2.09. The van der Waals surface area contributed by atoms with Gasteiger partial charge in [0.25, 0.3) is 0 Å². The van der Waals surface area contributed by atoms with Crippen molar-refractivity contribution in [3.63, 3.8) is 0 Å². The fourth-order valence-corrected chi connectivity index (χ4v) is 1.13. The highest BCUT2D eigenvalue weighted by Crippen LogP contribution is 2.13. The van der Waals surface area contributed by atoms with Crippen molar-refractivity contribution >= 4 is 23.5 Å². The van der Waals surface area contributed by atoms with Crippen LogP contribution in [-0.4, -0.2) is 24.9 Å². The van der Waals surface area contributed by atoms with Gasteiger partial charge in [-0.05, 0) is 17.7 Å². The quantitative estimate of drug-likeness (QED) is 0.457. The number of halogens is 1. The average molecular weight is 243 g/mol. The molecule has 0 atom stereocenters. The molecule has 0 aliphatic heterocycles. The molecule has 4 nitrogen and oxygen atoms in total. The van der Waals surface area contributed by atoms with Crippen molar-refractivity contribution in [2.24, 2.45) is 0 Å². The second-order valence-electron chi connectivity index (χ2n) is 3.00. The summed E-state index contributed by atoms with van der Waals surface area (Å²) in [7, 11) is 1.33. The van der Waals surface area contributed by atoms with Crippen LogP contribution < -0.4 is 4.74 Å². The smallest absolute Gasteiger partial charge is 0.326 e. The van der Waals surface area contributed by atoms with Gasteiger partial charge in [-0.2, -0.15) is 0 Å². The van der Waals surface area contributed by atoms with E-state index in [9.17, 15) is 9.59 Å². The van der Waals surface area contributed by atoms with Crippen molar-refractivity contribution < 1.29 is 19.1 Å². The molecular weight excluding hydrogens is 232 g/mol. The normalized spacial score (nSPS) is 9.62. The van der Waals surface area contributed by atoms with Gasteiger partial charge in [-0.1, -0.05) is 12.1 Å². The third-order valence-corrected chi connectivity index (χ3v) is 2.06. The predicted octanol–water partition coefficient (Wildman–Crippen LogP) is 1.55. The SMILES string of the molecule is COC(=O)Cc1ccc(OC(=O)CCl)cc1. The summed E-state index contributed by atoms with van der Waals surface area (Å²) in [6.07, 6.45) is 0.195. The lowest BCUT2D eigenvalue weighted by molar-refractivity contribution is -0.139. The molecule has 1 rings (SSSR count). The molecule has 0 aliphatic carbocycles. The van der Waals surface area contributed by atoms with E-state index in [-0.39, 0.29) is 18.3 Å². The van der Waals surface area contributed by atoms with E-state index in [0.29, 0.717) is 5.75 Å². The molecule has 0 bridgehead atoms. The fourth-order valence-electron chi connectivity index (χ4n) is 1.07. The van der Waals surface area contributed by atoms with Crippen molar-refractivity contribution in [2.45, 2.75) is 6.42 Å². The molecule has 0 aromatic heterocycles. The first-order valence-electron chi connectivity index (χ1n) is 4.58. The third kappa shape index (κ3) is 3.90. The van der Waals surface area contributed by atoms with Gasteiger partial charge in [-0.15, -0.1) is 11.6 Å². The standard InChI is InChI=1S/C11H11ClO4/c1-15-10(13)6-8-2-4-9(5-3-8)16-11(14)7-12/h2-5H,6-7H2,1H3. The number of esters is 2. The Morgan fingerprint density at radius 2 is 1.81 bits per heavy atom. The van der Waals surface area contributed by atoms with E-state index in [2.05, 4.69) is 4.74 Å². The Morgan fingerprint density at radius 1 is 1.19 bits per heavy atom. The second-order valence-corrected chi connectivity index (χ2v) is 3.27. The van der Waals surface area contributed by atoms with E-state index in [0.717, 1.165) is 5.56 Å². The van der Waals surface area contributed by atoms with Gasteiger partial charge in [0.2, 0.25) is 0 Å². The van der Waals surface area contributed by atoms with Gasteiger partial charge in [0.1, 0.15) is 11.6 Å². The molecule has 0 heterocycles. The highest BCUT2D eigenvalue weighted by molar-refractivity contribution is 6.26. The molecule has 0 spiro atoms. The maximum Gasteiger partial charge on any atom is 0.326 e. The first-order chi connectivity index (χ1) is 7.65. The predicted molar refractivity (Wildman–Crippen MR) is 58.5 cm³/mol. The van der Waals surface area contributed by atoms with Crippen LogP contribution in [0, 0.1) is 0 Å². The van der Waals surface area contributed by atoms with Crippen LogP contribution in [0.1, 0.15) is 5.56 Å². The van der Waals surface area contributed by atoms with Crippen LogP contribution in [0.4, 0.5) is 0 Å². The highest BCUT2D eigenvalue weighted by Gasteiger charge is 2.05. The summed E-state index contributed by atoms with van der Waals surface area (Å²) < 4.78 is 9.39. The van der Waals surface area contributed by atoms with Gasteiger partial charge in [-0.25, -0.2) is 0 Å². The molecule has 0 radical (unpaired) electrons. The Labute approximate surface area is 98.1 Å². The molecule has 16 heavy (non-hydrogen) atoms. The van der Waals surface area contributed by atoms with Crippen molar-refractivity contribution in [2.75, 3.05) is 13.0 Å². The Bertz CT molecular complexity index is 335. The molecule has 0 fully saturated rings. The molecule has 0 aliphatic rings. The van der Waals surface area contributed by atoms with Crippen LogP contribution in [0.2, 0.25) is 0 Å². The number of carbonyl (C=O) groups is 2. The number of hydrogen-bond donors (Lipinski definition) is 0. The molecule has 5 heteroatoms. The summed E-state index contributed by atoms with van der Waals surface area (Å²) in [6, 6.07) is 6.58. The lowest BCUT2D eigenvalue weighted by Gasteiger charge is -2.03. The molecule has 0 saturated carbocycles. The Balaban J connectivity index is 2.60. The largest absolute Gasteiger partial charge is 0.469 e.